The number of fused-ring (bicyclic) bond motifs is 1. The number of benzene rings is 2. The summed E-state index contributed by atoms with van der Waals surface area (Å²) >= 11 is 0. The van der Waals surface area contributed by atoms with Gasteiger partial charge in [0.2, 0.25) is 5.91 Å². The Labute approximate surface area is 202 Å². The number of aromatic nitrogens is 2. The molecule has 0 saturated carbocycles. The van der Waals surface area contributed by atoms with Crippen LogP contribution >= 0.6 is 0 Å². The van der Waals surface area contributed by atoms with Crippen molar-refractivity contribution in [2.75, 3.05) is 4.90 Å². The van der Waals surface area contributed by atoms with Crippen LogP contribution in [0.3, 0.4) is 0 Å². The van der Waals surface area contributed by atoms with Gasteiger partial charge in [0.15, 0.2) is 5.76 Å². The zero-order valence-electron chi connectivity index (χ0n) is 19.5. The second kappa shape index (κ2) is 8.87. The van der Waals surface area contributed by atoms with E-state index in [-0.39, 0.29) is 30.7 Å². The number of carbonyl (C=O) groups is 2. The van der Waals surface area contributed by atoms with Crippen LogP contribution in [0.15, 0.2) is 77.4 Å². The van der Waals surface area contributed by atoms with Crippen LogP contribution in [0.5, 0.6) is 0 Å². The SMILES string of the molecule is CCc1ccc(N2C(=O)c3cc(-c4ccco4)nn3C[C@@]2(C)C(=O)NCc2ccc(F)cc2)cc1. The summed E-state index contributed by atoms with van der Waals surface area (Å²) in [6.45, 7) is 4.15. The van der Waals surface area contributed by atoms with Gasteiger partial charge >= 0.3 is 0 Å². The molecule has 0 aliphatic carbocycles. The number of aryl methyl sites for hydroxylation is 1. The summed E-state index contributed by atoms with van der Waals surface area (Å²) in [5, 5.41) is 7.48. The molecule has 1 N–H and O–H groups in total. The first kappa shape index (κ1) is 22.6. The molecule has 5 rings (SSSR count). The van der Waals surface area contributed by atoms with Crippen LogP contribution in [0.25, 0.3) is 11.5 Å². The Kier molecular flexibility index (Phi) is 5.72. The van der Waals surface area contributed by atoms with E-state index in [2.05, 4.69) is 17.3 Å². The Balaban J connectivity index is 1.52. The lowest BCUT2D eigenvalue weighted by Gasteiger charge is -2.43. The number of rotatable bonds is 6. The minimum atomic E-state index is -1.26. The van der Waals surface area contributed by atoms with Gasteiger partial charge in [-0.05, 0) is 60.9 Å². The van der Waals surface area contributed by atoms with Gasteiger partial charge in [0.1, 0.15) is 22.7 Å². The maximum Gasteiger partial charge on any atom is 0.277 e. The molecule has 0 spiro atoms. The quantitative estimate of drug-likeness (QED) is 0.446. The number of nitrogens with zero attached hydrogens (tertiary/aromatic N) is 3. The third-order valence-electron chi connectivity index (χ3n) is 6.39. The molecule has 2 amide bonds. The number of hydrogen-bond donors (Lipinski definition) is 1. The fourth-order valence-corrected chi connectivity index (χ4v) is 4.39. The first-order valence-electron chi connectivity index (χ1n) is 11.5. The maximum atomic E-state index is 13.8. The van der Waals surface area contributed by atoms with Crippen molar-refractivity contribution in [3.8, 4) is 11.5 Å². The van der Waals surface area contributed by atoms with E-state index in [1.807, 2.05) is 24.3 Å². The van der Waals surface area contributed by atoms with E-state index in [0.717, 1.165) is 17.5 Å². The molecule has 7 nitrogen and oxygen atoms in total. The molecule has 2 aromatic heterocycles. The van der Waals surface area contributed by atoms with E-state index in [1.54, 1.807) is 48.2 Å². The molecule has 0 fully saturated rings. The third-order valence-corrected chi connectivity index (χ3v) is 6.39. The van der Waals surface area contributed by atoms with Crippen molar-refractivity contribution in [3.05, 3.63) is 95.6 Å². The van der Waals surface area contributed by atoms with Gasteiger partial charge in [-0.1, -0.05) is 31.2 Å². The summed E-state index contributed by atoms with van der Waals surface area (Å²) in [5.41, 5.74) is 2.15. The first-order valence-corrected chi connectivity index (χ1v) is 11.5. The Hall–Kier alpha value is -4.20. The summed E-state index contributed by atoms with van der Waals surface area (Å²) in [7, 11) is 0. The summed E-state index contributed by atoms with van der Waals surface area (Å²) in [4.78, 5) is 29.0. The van der Waals surface area contributed by atoms with Crippen molar-refractivity contribution in [1.29, 1.82) is 0 Å². The summed E-state index contributed by atoms with van der Waals surface area (Å²) < 4.78 is 20.3. The molecular formula is C27H25FN4O3. The van der Waals surface area contributed by atoms with E-state index in [4.69, 9.17) is 4.42 Å². The van der Waals surface area contributed by atoms with Crippen LogP contribution < -0.4 is 10.2 Å². The van der Waals surface area contributed by atoms with Gasteiger partial charge in [0.05, 0.1) is 12.8 Å². The predicted octanol–water partition coefficient (Wildman–Crippen LogP) is 4.58. The second-order valence-electron chi connectivity index (χ2n) is 8.79. The maximum absolute atomic E-state index is 13.8. The molecule has 8 heteroatoms. The van der Waals surface area contributed by atoms with Gasteiger partial charge in [0, 0.05) is 18.3 Å². The topological polar surface area (TPSA) is 80.4 Å². The van der Waals surface area contributed by atoms with Gasteiger partial charge < -0.3 is 9.73 Å². The zero-order valence-corrected chi connectivity index (χ0v) is 19.5. The monoisotopic (exact) mass is 472 g/mol. The van der Waals surface area contributed by atoms with E-state index < -0.39 is 5.54 Å². The standard InChI is InChI=1S/C27H25FN4O3/c1-3-18-8-12-21(13-9-18)32-25(33)23-15-22(24-5-4-14-35-24)30-31(23)17-27(32,2)26(34)29-16-19-6-10-20(28)11-7-19/h4-15H,3,16-17H2,1-2H3,(H,29,34)/t27-/m0/s1. The number of halogens is 1. The lowest BCUT2D eigenvalue weighted by atomic mass is 9.93. The lowest BCUT2D eigenvalue weighted by molar-refractivity contribution is -0.126. The Morgan fingerprint density at radius 1 is 1.11 bits per heavy atom. The van der Waals surface area contributed by atoms with Crippen LogP contribution in [0, 0.1) is 5.82 Å². The van der Waals surface area contributed by atoms with Crippen LogP contribution in [-0.4, -0.2) is 27.1 Å². The number of nitrogens with one attached hydrogen (secondary N) is 1. The van der Waals surface area contributed by atoms with Gasteiger partial charge in [-0.25, -0.2) is 4.39 Å². The molecule has 0 saturated heterocycles. The largest absolute Gasteiger partial charge is 0.463 e. The van der Waals surface area contributed by atoms with Crippen molar-refractivity contribution in [1.82, 2.24) is 15.1 Å². The zero-order chi connectivity index (χ0) is 24.6. The average Bonchev–Trinajstić information content (AvgIpc) is 3.54. The molecule has 178 valence electrons. The molecule has 4 aromatic rings. The molecule has 3 heterocycles. The van der Waals surface area contributed by atoms with Crippen LogP contribution in [0.2, 0.25) is 0 Å². The summed E-state index contributed by atoms with van der Waals surface area (Å²) in [5.74, 6) is -0.466. The fraction of sp³-hybridized carbons (Fsp3) is 0.222. The number of carbonyl (C=O) groups excluding carboxylic acids is 2. The number of hydrogen-bond acceptors (Lipinski definition) is 4. The van der Waals surface area contributed by atoms with Crippen molar-refractivity contribution >= 4 is 17.5 Å². The Bertz CT molecular complexity index is 1360. The van der Waals surface area contributed by atoms with Crippen molar-refractivity contribution < 1.29 is 18.4 Å². The van der Waals surface area contributed by atoms with E-state index in [1.165, 1.54) is 17.0 Å². The van der Waals surface area contributed by atoms with Crippen molar-refractivity contribution in [2.45, 2.75) is 38.9 Å². The minimum absolute atomic E-state index is 0.152. The smallest absolute Gasteiger partial charge is 0.277 e. The molecule has 0 radical (unpaired) electrons. The predicted molar refractivity (Wildman–Crippen MR) is 129 cm³/mol. The molecule has 2 aromatic carbocycles. The van der Waals surface area contributed by atoms with Crippen molar-refractivity contribution in [3.63, 3.8) is 0 Å². The highest BCUT2D eigenvalue weighted by molar-refractivity contribution is 6.12. The van der Waals surface area contributed by atoms with Gasteiger partial charge in [0.25, 0.3) is 5.91 Å². The third kappa shape index (κ3) is 4.12. The fourth-order valence-electron chi connectivity index (χ4n) is 4.39. The van der Waals surface area contributed by atoms with Crippen LogP contribution in [0.1, 0.15) is 35.5 Å². The van der Waals surface area contributed by atoms with Crippen LogP contribution in [-0.2, 0) is 24.3 Å². The van der Waals surface area contributed by atoms with Gasteiger partial charge in [-0.3, -0.25) is 19.2 Å². The van der Waals surface area contributed by atoms with Crippen molar-refractivity contribution in [2.24, 2.45) is 0 Å². The highest BCUT2D eigenvalue weighted by atomic mass is 19.1. The number of amides is 2. The molecule has 35 heavy (non-hydrogen) atoms. The Morgan fingerprint density at radius 2 is 1.83 bits per heavy atom. The molecule has 1 aliphatic heterocycles. The first-order chi connectivity index (χ1) is 16.9. The van der Waals surface area contributed by atoms with Gasteiger partial charge in [-0.15, -0.1) is 0 Å². The average molecular weight is 473 g/mol. The molecule has 1 aliphatic rings. The number of anilines is 1. The minimum Gasteiger partial charge on any atom is -0.463 e. The molecular weight excluding hydrogens is 447 g/mol. The summed E-state index contributed by atoms with van der Waals surface area (Å²) in [6, 6.07) is 18.8. The van der Waals surface area contributed by atoms with Gasteiger partial charge in [-0.2, -0.15) is 5.10 Å². The Morgan fingerprint density at radius 3 is 2.49 bits per heavy atom. The molecule has 0 bridgehead atoms. The van der Waals surface area contributed by atoms with E-state index in [9.17, 15) is 14.0 Å². The highest BCUT2D eigenvalue weighted by Crippen LogP contribution is 2.34. The second-order valence-corrected chi connectivity index (χ2v) is 8.79. The molecule has 0 unspecified atom stereocenters. The van der Waals surface area contributed by atoms with Crippen LogP contribution in [0.4, 0.5) is 10.1 Å². The molecule has 1 atom stereocenters. The van der Waals surface area contributed by atoms with E-state index >= 15 is 0 Å². The van der Waals surface area contributed by atoms with E-state index in [0.29, 0.717) is 22.8 Å². The number of furan rings is 1. The lowest BCUT2D eigenvalue weighted by Crippen LogP contribution is -2.64. The summed E-state index contributed by atoms with van der Waals surface area (Å²) in [6.07, 6.45) is 2.41. The highest BCUT2D eigenvalue weighted by Gasteiger charge is 2.49. The normalized spacial score (nSPS) is 17.3.